The third kappa shape index (κ3) is 26.5. The fourth-order valence-electron chi connectivity index (χ4n) is 13.8. The normalized spacial score (nSPS) is 39.6. The highest BCUT2D eigenvalue weighted by atomic mass is 19.1. The molecule has 0 radical (unpaired) electrons. The van der Waals surface area contributed by atoms with Gasteiger partial charge in [0.1, 0.15) is 85.8 Å². The minimum absolute atomic E-state index is 0.00214. The van der Waals surface area contributed by atoms with Crippen molar-refractivity contribution in [3.63, 3.8) is 0 Å². The first-order chi connectivity index (χ1) is 97.9. The zero-order chi connectivity index (χ0) is 161. The van der Waals surface area contributed by atoms with Crippen LogP contribution >= 0.6 is 0 Å². The third-order valence-corrected chi connectivity index (χ3v) is 20.7. The number of piperidine rings is 6. The smallest absolute Gasteiger partial charge is 0.231 e. The second-order valence-corrected chi connectivity index (χ2v) is 29.9. The number of benzene rings is 12. The molecular weight excluding hydrogens is 1860 g/mol. The molecule has 0 amide bonds. The summed E-state index contributed by atoms with van der Waals surface area (Å²) in [4.78, 5) is 0. The van der Waals surface area contributed by atoms with Crippen LogP contribution in [0.2, 0.25) is 0 Å². The highest BCUT2D eigenvalue weighted by Crippen LogP contribution is 2.45. The van der Waals surface area contributed by atoms with Crippen molar-refractivity contribution in [3.05, 3.63) is 322 Å². The molecule has 12 aromatic carbocycles. The van der Waals surface area contributed by atoms with E-state index >= 15 is 0 Å². The number of hydrogen-bond donors (Lipinski definition) is 6. The Hall–Kier alpha value is -13.6. The second kappa shape index (κ2) is 49.1. The van der Waals surface area contributed by atoms with Crippen LogP contribution in [0.5, 0.6) is 103 Å². The summed E-state index contributed by atoms with van der Waals surface area (Å²) in [6.45, 7) is -49.3. The first kappa shape index (κ1) is 45.3. The Morgan fingerprint density at radius 1 is 0.257 bits per heavy atom. The third-order valence-electron chi connectivity index (χ3n) is 20.7. The van der Waals surface area contributed by atoms with Gasteiger partial charge in [-0.2, -0.15) is 0 Å². The summed E-state index contributed by atoms with van der Waals surface area (Å²) in [6, 6.07) is -3.12. The summed E-state index contributed by atoms with van der Waals surface area (Å²) in [5.41, 5.74) is -4.81. The number of hydrogen-bond acceptors (Lipinski definition) is 24. The van der Waals surface area contributed by atoms with Crippen molar-refractivity contribution in [1.29, 1.82) is 0 Å². The van der Waals surface area contributed by atoms with Crippen LogP contribution in [0.25, 0.3) is 0 Å². The Balaban J connectivity index is 0.000000152. The van der Waals surface area contributed by atoms with Gasteiger partial charge in [-0.3, -0.25) is 0 Å². The zero-order valence-corrected chi connectivity index (χ0v) is 73.5. The van der Waals surface area contributed by atoms with E-state index in [9.17, 15) is 26.3 Å². The van der Waals surface area contributed by atoms with Crippen LogP contribution in [0.15, 0.2) is 254 Å². The molecule has 0 saturated carbocycles. The molecule has 12 heterocycles. The predicted molar refractivity (Wildman–Crippen MR) is 529 cm³/mol. The van der Waals surface area contributed by atoms with Crippen LogP contribution < -0.4 is 117 Å². The van der Waals surface area contributed by atoms with Crippen molar-refractivity contribution in [3.8, 4) is 103 Å². The molecule has 0 aliphatic carbocycles. The van der Waals surface area contributed by atoms with E-state index in [0.717, 1.165) is 30.3 Å². The minimum Gasteiger partial charge on any atom is -0.493 e. The first-order valence-electron chi connectivity index (χ1n) is 78.1. The molecule has 12 aromatic rings. The lowest BCUT2D eigenvalue weighted by atomic mass is 9.81. The standard InChI is InChI=1S/6C19H20FNO3/c6*20-15-3-1-13(2-4-15)17-7-8-21-10-14(17)11-22-16-5-6-18-19(9-16)24-12-23-18/h6*1-6,9,14,17,21H,7-8,10-12H2/t6*14-,17?/m111000/s1/i1D,2D,3D,4D,7D2,10D2,11D2,12D2,14D,17D;1D,2D,3D,4D,7D2,10D2,12D2,14D,17D;1D,2D,3D,4D,8D2,10D2,12D2,14D;1D,2D,3D,4D,7D2,10D2,11D2,12D2,17D;1D,2D,3D,4D,7D2,10D2,12D2,17D;1D,2D,3D,4D,8D2,10D2,12D2. The summed E-state index contributed by atoms with van der Waals surface area (Å²) in [5, 5.41) is 13.2. The second-order valence-electron chi connectivity index (χ2n) is 29.9. The van der Waals surface area contributed by atoms with Crippen LogP contribution in [0.1, 0.15) is 204 Å². The molecule has 6 fully saturated rings. The molecule has 0 spiro atoms. The van der Waals surface area contributed by atoms with Crippen LogP contribution in [-0.2, 0) is 0 Å². The van der Waals surface area contributed by atoms with Crippen LogP contribution in [0.4, 0.5) is 26.3 Å². The van der Waals surface area contributed by atoms with Gasteiger partial charge in [0.25, 0.3) is 0 Å². The van der Waals surface area contributed by atoms with Crippen molar-refractivity contribution in [2.24, 2.45) is 35.4 Å². The topological polar surface area (TPSA) is 238 Å². The Kier molecular flexibility index (Phi) is 15.5. The quantitative estimate of drug-likeness (QED) is 0.0308. The molecule has 6 N–H and O–H groups in total. The van der Waals surface area contributed by atoms with E-state index < -0.39 is 474 Å². The largest absolute Gasteiger partial charge is 0.493 e. The molecule has 12 aliphatic rings. The Labute approximate surface area is 933 Å². The van der Waals surface area contributed by atoms with E-state index in [-0.39, 0.29) is 110 Å². The number of ether oxygens (including phenoxy) is 18. The van der Waals surface area contributed by atoms with Gasteiger partial charge < -0.3 is 117 Å². The lowest BCUT2D eigenvalue weighted by Crippen LogP contribution is -2.38. The Morgan fingerprint density at radius 2 is 0.514 bits per heavy atom. The molecule has 144 heavy (non-hydrogen) atoms. The molecule has 6 unspecified atom stereocenters. The van der Waals surface area contributed by atoms with Crippen LogP contribution in [0.3, 0.4) is 0 Å². The first-order valence-corrected chi connectivity index (χ1v) is 42.6. The highest BCUT2D eigenvalue weighted by molar-refractivity contribution is 5.52. The molecule has 6 saturated heterocycles. The predicted octanol–water partition coefficient (Wildman–Crippen LogP) is 20.0. The Bertz CT molecular complexity index is 10100. The zero-order valence-electron chi connectivity index (χ0n) is 144. The lowest BCUT2D eigenvalue weighted by molar-refractivity contribution is 0.173. The highest BCUT2D eigenvalue weighted by Gasteiger charge is 2.35. The number of rotatable bonds is 24. The van der Waals surface area contributed by atoms with Gasteiger partial charge in [0, 0.05) is 153 Å². The SMILES string of the molecule is [2H]c1c([2H])c(C2([2H])C([2H])([2H])CNC([2H])([2H])[C@]2([2H])C([2H])([2H])Oc2ccc3c(c2)OC([2H])([2H])O3)c([2H])c([2H])c1F.[2H]c1c([2H])c(C2([2H])C([2H])([2H])CNC([2H])([2H])[C@]2([2H])COc2ccc3c(c2)OC([2H])([2H])O3)c([2H])c([2H])c1F.[2H]c1c([2H])c(C2([2H])[C@H](C([2H])([2H])Oc3ccc4c(c3)OC([2H])([2H])O4)C([2H])([2H])NCC2([2H])[2H])c([2H])c([2H])c1F.[2H]c1c([2H])c(C2([2H])[C@H](COc3ccc4c(c3)OC([2H])([2H])O4)C([2H])([2H])NCC2([2H])[2H])c([2H])c([2H])c1F.[2H]c1c([2H])c(C2CC([2H])([2H])NC([2H])([2H])[C@H]2COc2ccc3c(c2)OC([2H])([2H])O3)c([2H])c([2H])c1F.[2H]c1c([2H])c(C2CC([2H])([2H])NC([2H])([2H])[C@]2([2H])COc2ccc3c(c2)OC([2H])([2H])O3)c([2H])c([2H])c1F. The van der Waals surface area contributed by atoms with Crippen molar-refractivity contribution in [2.75, 3.05) is 158 Å². The van der Waals surface area contributed by atoms with E-state index in [1.54, 1.807) is 0 Å². The average molecular weight is 2050 g/mol. The van der Waals surface area contributed by atoms with E-state index in [1.807, 2.05) is 5.32 Å². The number of halogens is 6. The van der Waals surface area contributed by atoms with Gasteiger partial charge in [-0.25, -0.2) is 26.3 Å². The summed E-state index contributed by atoms with van der Waals surface area (Å²) in [5.74, 6) is -39.6. The summed E-state index contributed by atoms with van der Waals surface area (Å²) >= 11 is 0. The van der Waals surface area contributed by atoms with Gasteiger partial charge in [-0.1, -0.05) is 72.5 Å². The Morgan fingerprint density at radius 3 is 0.903 bits per heavy atom. The fourth-order valence-corrected chi connectivity index (χ4v) is 13.8. The van der Waals surface area contributed by atoms with Gasteiger partial charge in [0.05, 0.1) is 77.9 Å². The van der Waals surface area contributed by atoms with Crippen LogP contribution in [0, 0.1) is 70.3 Å². The number of fused-ring (bicyclic) bond motifs is 6. The fraction of sp³-hybridized carbons (Fsp3) is 0.368. The molecule has 0 bridgehead atoms. The maximum absolute atomic E-state index is 14.3. The summed E-state index contributed by atoms with van der Waals surface area (Å²) in [7, 11) is 0. The van der Waals surface area contributed by atoms with Crippen molar-refractivity contribution >= 4 is 0 Å². The number of nitrogens with one attached hydrogen (secondary N) is 6. The molecule has 24 rings (SSSR count). The van der Waals surface area contributed by atoms with Gasteiger partial charge >= 0.3 is 0 Å². The van der Waals surface area contributed by atoms with Crippen molar-refractivity contribution in [2.45, 2.75) is 73.7 Å². The molecule has 12 aliphatic heterocycles. The molecule has 756 valence electrons. The summed E-state index contributed by atoms with van der Waals surface area (Å²) < 4.78 is 759. The van der Waals surface area contributed by atoms with Gasteiger partial charge in [0.15, 0.2) is 69.0 Å². The molecule has 12 atom stereocenters. The summed E-state index contributed by atoms with van der Waals surface area (Å²) in [6.07, 6.45) is -12.6. The maximum Gasteiger partial charge on any atom is 0.231 e. The minimum atomic E-state index is -3.73. The molecular formula is C114H120F6N6O18. The van der Waals surface area contributed by atoms with Crippen molar-refractivity contribution < 1.29 is 209 Å². The van der Waals surface area contributed by atoms with E-state index in [4.69, 9.17) is 183 Å². The van der Waals surface area contributed by atoms with Gasteiger partial charge in [-0.05, 0) is 292 Å². The molecule has 30 heteroatoms. The van der Waals surface area contributed by atoms with Crippen LogP contribution in [-0.4, -0.2) is 158 Å². The van der Waals surface area contributed by atoms with Gasteiger partial charge in [0.2, 0.25) is 40.5 Å². The van der Waals surface area contributed by atoms with Crippen molar-refractivity contribution in [1.82, 2.24) is 31.9 Å². The monoisotopic (exact) mass is 2050 g/mol. The molecule has 0 aromatic heterocycles. The lowest BCUT2D eigenvalue weighted by Gasteiger charge is -2.32. The van der Waals surface area contributed by atoms with Gasteiger partial charge in [-0.15, -0.1) is 0 Å². The van der Waals surface area contributed by atoms with E-state index in [1.165, 1.54) is 78.9 Å². The average Bonchev–Trinajstić information content (AvgIpc) is 0.951. The molecule has 24 nitrogen and oxygen atoms in total. The van der Waals surface area contributed by atoms with E-state index in [2.05, 4.69) is 26.6 Å². The van der Waals surface area contributed by atoms with E-state index in [0.29, 0.717) is 0 Å². The maximum atomic E-state index is 14.3.